The summed E-state index contributed by atoms with van der Waals surface area (Å²) in [7, 11) is -3.86. The number of fused-ring (bicyclic) bond motifs is 1. The van der Waals surface area contributed by atoms with Crippen LogP contribution in [0.5, 0.6) is 0 Å². The number of hydrogen-bond acceptors (Lipinski definition) is 5. The van der Waals surface area contributed by atoms with E-state index in [1.807, 2.05) is 0 Å². The number of rotatable bonds is 5. The molecular weight excluding hydrogens is 385 g/mol. The Morgan fingerprint density at radius 1 is 1.14 bits per heavy atom. The molecule has 2 aliphatic rings. The van der Waals surface area contributed by atoms with Gasteiger partial charge in [0.15, 0.2) is 0 Å². The zero-order valence-corrected chi connectivity index (χ0v) is 15.9. The van der Waals surface area contributed by atoms with Crippen LogP contribution in [0.1, 0.15) is 36.4 Å². The first-order valence-electron chi connectivity index (χ1n) is 9.20. The molecule has 1 N–H and O–H groups in total. The van der Waals surface area contributed by atoms with Crippen LogP contribution in [-0.2, 0) is 16.4 Å². The second-order valence-electron chi connectivity index (χ2n) is 7.13. The fourth-order valence-electron chi connectivity index (χ4n) is 3.94. The maximum Gasteiger partial charge on any atom is 0.270 e. The molecule has 28 heavy (non-hydrogen) atoms. The lowest BCUT2D eigenvalue weighted by Gasteiger charge is -2.21. The van der Waals surface area contributed by atoms with Crippen molar-refractivity contribution in [3.05, 3.63) is 63.5 Å². The normalized spacial score (nSPS) is 19.5. The molecule has 0 spiro atoms. The van der Waals surface area contributed by atoms with Gasteiger partial charge in [0.1, 0.15) is 10.7 Å². The highest BCUT2D eigenvalue weighted by atomic mass is 32.2. The molecule has 1 aliphatic heterocycles. The number of nitro groups is 1. The Balaban J connectivity index is 1.74. The standard InChI is InChI=1S/C19H20FN3O4S/c20-14-5-3-13-4-7-17(16(13)11-14)21-18-8-6-15(23(24)25)12-19(18)28(26,27)22-9-1-2-10-22/h3,5-6,8,11-12,17,21H,1-2,4,7,9-10H2. The molecule has 0 radical (unpaired) electrons. The summed E-state index contributed by atoms with van der Waals surface area (Å²) in [6.07, 6.45) is 2.99. The fraction of sp³-hybridized carbons (Fsp3) is 0.368. The molecule has 2 aromatic carbocycles. The van der Waals surface area contributed by atoms with E-state index in [1.54, 1.807) is 6.07 Å². The van der Waals surface area contributed by atoms with Gasteiger partial charge in [-0.05, 0) is 55.0 Å². The van der Waals surface area contributed by atoms with Crippen LogP contribution in [0.15, 0.2) is 41.3 Å². The second-order valence-corrected chi connectivity index (χ2v) is 9.03. The van der Waals surface area contributed by atoms with Crippen LogP contribution in [0.2, 0.25) is 0 Å². The SMILES string of the molecule is O=[N+]([O-])c1ccc(NC2CCc3ccc(F)cc32)c(S(=O)(=O)N2CCCC2)c1. The number of hydrogen-bond donors (Lipinski definition) is 1. The lowest BCUT2D eigenvalue weighted by atomic mass is 10.1. The Morgan fingerprint density at radius 3 is 2.61 bits per heavy atom. The summed E-state index contributed by atoms with van der Waals surface area (Å²) in [4.78, 5) is 10.5. The molecule has 0 saturated carbocycles. The smallest absolute Gasteiger partial charge is 0.270 e. The number of sulfonamides is 1. The van der Waals surface area contributed by atoms with E-state index < -0.39 is 14.9 Å². The largest absolute Gasteiger partial charge is 0.377 e. The molecule has 7 nitrogen and oxygen atoms in total. The van der Waals surface area contributed by atoms with Crippen molar-refractivity contribution in [2.24, 2.45) is 0 Å². The highest BCUT2D eigenvalue weighted by molar-refractivity contribution is 7.89. The first kappa shape index (κ1) is 18.8. The van der Waals surface area contributed by atoms with Crippen molar-refractivity contribution in [3.8, 4) is 0 Å². The van der Waals surface area contributed by atoms with Gasteiger partial charge >= 0.3 is 0 Å². The Kier molecular flexibility index (Phi) is 4.80. The molecule has 0 bridgehead atoms. The maximum absolute atomic E-state index is 13.7. The molecule has 1 atom stereocenters. The topological polar surface area (TPSA) is 92.5 Å². The van der Waals surface area contributed by atoms with Crippen LogP contribution in [-0.4, -0.2) is 30.7 Å². The first-order valence-corrected chi connectivity index (χ1v) is 10.6. The lowest BCUT2D eigenvalue weighted by Crippen LogP contribution is -2.28. The summed E-state index contributed by atoms with van der Waals surface area (Å²) in [6, 6.07) is 8.18. The van der Waals surface area contributed by atoms with Gasteiger partial charge in [-0.1, -0.05) is 6.07 Å². The first-order chi connectivity index (χ1) is 13.4. The molecule has 4 rings (SSSR count). The highest BCUT2D eigenvalue weighted by Gasteiger charge is 2.32. The van der Waals surface area contributed by atoms with Crippen molar-refractivity contribution in [1.82, 2.24) is 4.31 Å². The summed E-state index contributed by atoms with van der Waals surface area (Å²) in [6.45, 7) is 0.809. The summed E-state index contributed by atoms with van der Waals surface area (Å²) in [5.41, 5.74) is 1.84. The van der Waals surface area contributed by atoms with E-state index in [-0.39, 0.29) is 22.4 Å². The molecule has 1 fully saturated rings. The molecule has 0 aromatic heterocycles. The summed E-state index contributed by atoms with van der Waals surface area (Å²) < 4.78 is 41.3. The van der Waals surface area contributed by atoms with Gasteiger partial charge in [0.2, 0.25) is 10.0 Å². The van der Waals surface area contributed by atoms with E-state index in [0.717, 1.165) is 36.5 Å². The Morgan fingerprint density at radius 2 is 1.89 bits per heavy atom. The van der Waals surface area contributed by atoms with Crippen molar-refractivity contribution in [2.45, 2.75) is 36.6 Å². The van der Waals surface area contributed by atoms with Gasteiger partial charge < -0.3 is 5.32 Å². The van der Waals surface area contributed by atoms with Crippen molar-refractivity contribution < 1.29 is 17.7 Å². The summed E-state index contributed by atoms with van der Waals surface area (Å²) in [5.74, 6) is -0.346. The molecule has 1 aliphatic carbocycles. The van der Waals surface area contributed by atoms with Crippen molar-refractivity contribution >= 4 is 21.4 Å². The predicted molar refractivity (Wildman–Crippen MR) is 102 cm³/mol. The average Bonchev–Trinajstić information content (AvgIpc) is 3.33. The van der Waals surface area contributed by atoms with E-state index in [2.05, 4.69) is 5.32 Å². The molecular formula is C19H20FN3O4S. The predicted octanol–water partition coefficient (Wildman–Crippen LogP) is 3.62. The van der Waals surface area contributed by atoms with Crippen LogP contribution in [0.3, 0.4) is 0 Å². The van der Waals surface area contributed by atoms with Gasteiger partial charge in [0, 0.05) is 25.2 Å². The molecule has 1 saturated heterocycles. The summed E-state index contributed by atoms with van der Waals surface area (Å²) in [5, 5.41) is 14.4. The molecule has 1 unspecified atom stereocenters. The van der Waals surface area contributed by atoms with Crippen LogP contribution < -0.4 is 5.32 Å². The van der Waals surface area contributed by atoms with Crippen molar-refractivity contribution in [1.29, 1.82) is 0 Å². The zero-order chi connectivity index (χ0) is 19.9. The van der Waals surface area contributed by atoms with Gasteiger partial charge in [-0.15, -0.1) is 0 Å². The molecule has 148 valence electrons. The van der Waals surface area contributed by atoms with Gasteiger partial charge in [-0.2, -0.15) is 4.31 Å². The van der Waals surface area contributed by atoms with E-state index in [0.29, 0.717) is 25.2 Å². The number of halogens is 1. The Bertz CT molecular complexity index is 1040. The van der Waals surface area contributed by atoms with Gasteiger partial charge in [0.05, 0.1) is 16.7 Å². The minimum Gasteiger partial charge on any atom is -0.377 e. The van der Waals surface area contributed by atoms with Crippen LogP contribution >= 0.6 is 0 Å². The van der Waals surface area contributed by atoms with Crippen LogP contribution in [0.4, 0.5) is 15.8 Å². The number of nitro benzene ring substituents is 1. The molecule has 1 heterocycles. The average molecular weight is 405 g/mol. The second kappa shape index (κ2) is 7.14. The molecule has 0 amide bonds. The lowest BCUT2D eigenvalue weighted by molar-refractivity contribution is -0.385. The third-order valence-electron chi connectivity index (χ3n) is 5.37. The Hall–Kier alpha value is -2.52. The van der Waals surface area contributed by atoms with E-state index in [4.69, 9.17) is 0 Å². The van der Waals surface area contributed by atoms with Crippen LogP contribution in [0.25, 0.3) is 0 Å². The number of non-ortho nitro benzene ring substituents is 1. The molecule has 9 heteroatoms. The van der Waals surface area contributed by atoms with Gasteiger partial charge in [-0.25, -0.2) is 12.8 Å². The minimum absolute atomic E-state index is 0.103. The van der Waals surface area contributed by atoms with E-state index >= 15 is 0 Å². The van der Waals surface area contributed by atoms with E-state index in [1.165, 1.54) is 28.6 Å². The number of anilines is 1. The minimum atomic E-state index is -3.86. The van der Waals surface area contributed by atoms with Gasteiger partial charge in [-0.3, -0.25) is 10.1 Å². The summed E-state index contributed by atoms with van der Waals surface area (Å²) >= 11 is 0. The van der Waals surface area contributed by atoms with Gasteiger partial charge in [0.25, 0.3) is 5.69 Å². The van der Waals surface area contributed by atoms with E-state index in [9.17, 15) is 22.9 Å². The third kappa shape index (κ3) is 3.35. The number of nitrogens with zero attached hydrogens (tertiary/aromatic N) is 2. The van der Waals surface area contributed by atoms with Crippen LogP contribution in [0, 0.1) is 15.9 Å². The monoisotopic (exact) mass is 405 g/mol. The fourth-order valence-corrected chi connectivity index (χ4v) is 5.63. The number of benzene rings is 2. The maximum atomic E-state index is 13.7. The van der Waals surface area contributed by atoms with Crippen molar-refractivity contribution in [2.75, 3.05) is 18.4 Å². The number of aryl methyl sites for hydroxylation is 1. The quantitative estimate of drug-likeness (QED) is 0.606. The number of nitrogens with one attached hydrogen (secondary N) is 1. The third-order valence-corrected chi connectivity index (χ3v) is 7.31. The highest BCUT2D eigenvalue weighted by Crippen LogP contribution is 2.38. The Labute approximate surface area is 162 Å². The molecule has 2 aromatic rings. The zero-order valence-electron chi connectivity index (χ0n) is 15.1. The van der Waals surface area contributed by atoms with Crippen molar-refractivity contribution in [3.63, 3.8) is 0 Å².